The molecule has 10 heteroatoms. The molecule has 0 radical (unpaired) electrons. The van der Waals surface area contributed by atoms with Crippen LogP contribution < -0.4 is 5.32 Å². The number of aromatic nitrogens is 2. The minimum absolute atomic E-state index is 0.00241. The van der Waals surface area contributed by atoms with Gasteiger partial charge < -0.3 is 24.5 Å². The van der Waals surface area contributed by atoms with Gasteiger partial charge >= 0.3 is 0 Å². The van der Waals surface area contributed by atoms with Crippen molar-refractivity contribution in [1.82, 2.24) is 19.6 Å². The van der Waals surface area contributed by atoms with E-state index < -0.39 is 0 Å². The Morgan fingerprint density at radius 2 is 1.78 bits per heavy atom. The summed E-state index contributed by atoms with van der Waals surface area (Å²) >= 11 is 0. The molecule has 0 bridgehead atoms. The molecule has 1 aliphatic carbocycles. The smallest absolute Gasteiger partial charge is 0.276 e. The van der Waals surface area contributed by atoms with Gasteiger partial charge in [-0.3, -0.25) is 19.2 Å². The summed E-state index contributed by atoms with van der Waals surface area (Å²) in [5, 5.41) is 8.27. The van der Waals surface area contributed by atoms with E-state index in [1.807, 2.05) is 61.3 Å². The highest BCUT2D eigenvalue weighted by molar-refractivity contribution is 6.11. The maximum atomic E-state index is 13.9. The monoisotopic (exact) mass is 629 g/mol. The number of nitrogens with one attached hydrogen (secondary N) is 1. The molecule has 3 aromatic rings. The molecule has 4 atom stereocenters. The summed E-state index contributed by atoms with van der Waals surface area (Å²) in [6.07, 6.45) is 6.24. The third-order valence-corrected chi connectivity index (χ3v) is 9.98. The van der Waals surface area contributed by atoms with E-state index in [0.29, 0.717) is 24.5 Å². The van der Waals surface area contributed by atoms with Crippen LogP contribution >= 0.6 is 0 Å². The number of rotatable bonds is 9. The molecule has 3 fully saturated rings. The lowest BCUT2D eigenvalue weighted by Gasteiger charge is -2.38. The van der Waals surface area contributed by atoms with Crippen molar-refractivity contribution >= 4 is 34.7 Å². The Morgan fingerprint density at radius 3 is 2.50 bits per heavy atom. The molecule has 2 amide bonds. The summed E-state index contributed by atoms with van der Waals surface area (Å²) < 4.78 is 14.1. The van der Waals surface area contributed by atoms with Gasteiger partial charge in [-0.1, -0.05) is 30.3 Å². The van der Waals surface area contributed by atoms with E-state index in [1.54, 1.807) is 4.68 Å². The first-order valence-corrected chi connectivity index (χ1v) is 16.8. The molecule has 6 rings (SSSR count). The molecule has 0 unspecified atom stereocenters. The number of benzene rings is 2. The van der Waals surface area contributed by atoms with Crippen molar-refractivity contribution in [1.29, 1.82) is 0 Å². The van der Waals surface area contributed by atoms with Crippen LogP contribution in [0.3, 0.4) is 0 Å². The van der Waals surface area contributed by atoms with Crippen molar-refractivity contribution in [2.75, 3.05) is 31.6 Å². The first kappa shape index (κ1) is 32.3. The highest BCUT2D eigenvalue weighted by Gasteiger charge is 2.40. The van der Waals surface area contributed by atoms with Crippen LogP contribution in [0.5, 0.6) is 0 Å². The van der Waals surface area contributed by atoms with Crippen LogP contribution in [0, 0.1) is 12.8 Å². The zero-order valence-corrected chi connectivity index (χ0v) is 27.5. The van der Waals surface area contributed by atoms with Gasteiger partial charge in [0, 0.05) is 49.7 Å². The van der Waals surface area contributed by atoms with E-state index in [9.17, 15) is 14.4 Å². The number of amides is 2. The van der Waals surface area contributed by atoms with Crippen molar-refractivity contribution in [3.05, 3.63) is 59.3 Å². The number of hydrogen-bond acceptors (Lipinski definition) is 7. The molecule has 1 aromatic heterocycles. The topological polar surface area (TPSA) is 106 Å². The van der Waals surface area contributed by atoms with Crippen molar-refractivity contribution < 1.29 is 23.9 Å². The second-order valence-electron chi connectivity index (χ2n) is 13.6. The second-order valence-corrected chi connectivity index (χ2v) is 13.6. The molecule has 2 aromatic carbocycles. The molecule has 46 heavy (non-hydrogen) atoms. The average Bonchev–Trinajstić information content (AvgIpc) is 3.63. The second kappa shape index (κ2) is 14.0. The van der Waals surface area contributed by atoms with Crippen LogP contribution in [0.1, 0.15) is 67.6 Å². The van der Waals surface area contributed by atoms with E-state index in [2.05, 4.69) is 29.2 Å². The summed E-state index contributed by atoms with van der Waals surface area (Å²) in [5.74, 6) is -0.0236. The molecule has 10 nitrogen and oxygen atoms in total. The number of fused-ring (bicyclic) bond motifs is 1. The van der Waals surface area contributed by atoms with Gasteiger partial charge in [-0.2, -0.15) is 5.10 Å². The van der Waals surface area contributed by atoms with E-state index in [4.69, 9.17) is 9.47 Å². The summed E-state index contributed by atoms with van der Waals surface area (Å²) in [5.41, 5.74) is 3.78. The van der Waals surface area contributed by atoms with Gasteiger partial charge in [-0.25, -0.2) is 0 Å². The Morgan fingerprint density at radius 1 is 1.04 bits per heavy atom. The molecule has 1 saturated carbocycles. The largest absolute Gasteiger partial charge is 0.376 e. The van der Waals surface area contributed by atoms with Gasteiger partial charge in [0.05, 0.1) is 42.9 Å². The van der Waals surface area contributed by atoms with Crippen LogP contribution in [0.2, 0.25) is 0 Å². The molecule has 1 N–H and O–H groups in total. The first-order chi connectivity index (χ1) is 22.2. The Balaban J connectivity index is 1.12. The fraction of sp³-hybridized carbons (Fsp3) is 0.556. The molecular formula is C36H47N5O5. The van der Waals surface area contributed by atoms with Crippen LogP contribution in [-0.4, -0.2) is 94.3 Å². The molecule has 0 spiro atoms. The van der Waals surface area contributed by atoms with E-state index in [-0.39, 0.29) is 54.5 Å². The zero-order chi connectivity index (χ0) is 32.4. The van der Waals surface area contributed by atoms with Crippen LogP contribution in [0.25, 0.3) is 10.9 Å². The number of carbonyl (C=O) groups excluding carboxylic acids is 3. The summed E-state index contributed by atoms with van der Waals surface area (Å²) in [6.45, 7) is 9.09. The fourth-order valence-corrected chi connectivity index (χ4v) is 7.59. The predicted molar refractivity (Wildman–Crippen MR) is 177 cm³/mol. The Labute approximate surface area is 271 Å². The molecule has 3 aliphatic rings. The van der Waals surface area contributed by atoms with Gasteiger partial charge in [0.25, 0.3) is 5.91 Å². The number of aldehydes is 1. The lowest BCUT2D eigenvalue weighted by atomic mass is 9.88. The number of nitrogens with zero attached hydrogens (tertiary/aromatic N) is 4. The summed E-state index contributed by atoms with van der Waals surface area (Å²) in [7, 11) is 1.83. The highest BCUT2D eigenvalue weighted by Crippen LogP contribution is 2.30. The van der Waals surface area contributed by atoms with Crippen LogP contribution in [0.4, 0.5) is 5.69 Å². The maximum Gasteiger partial charge on any atom is 0.276 e. The summed E-state index contributed by atoms with van der Waals surface area (Å²) in [6, 6.07) is 13.7. The van der Waals surface area contributed by atoms with Gasteiger partial charge in [0.1, 0.15) is 6.29 Å². The van der Waals surface area contributed by atoms with Crippen molar-refractivity contribution in [2.24, 2.45) is 13.0 Å². The van der Waals surface area contributed by atoms with Crippen molar-refractivity contribution in [3.63, 3.8) is 0 Å². The normalized spacial score (nSPS) is 27.2. The predicted octanol–water partition coefficient (Wildman–Crippen LogP) is 4.53. The average molecular weight is 630 g/mol. The SMILES string of the molecule is Cc1cc(CC(=O)N2C[C@@H](N3C[C@@H](C)O[C@@H](C)C3)C[C@H]2COC2CCC(C=O)CC2)ccc1NC(=O)c1nn(C)c2ccccc12. The maximum absolute atomic E-state index is 13.9. The van der Waals surface area contributed by atoms with Gasteiger partial charge in [-0.15, -0.1) is 0 Å². The lowest BCUT2D eigenvalue weighted by molar-refractivity contribution is -0.133. The number of ether oxygens (including phenoxy) is 2. The summed E-state index contributed by atoms with van der Waals surface area (Å²) in [4.78, 5) is 42.8. The molecule has 2 aliphatic heterocycles. The number of carbonyl (C=O) groups is 3. The van der Waals surface area contributed by atoms with Crippen molar-refractivity contribution in [2.45, 2.75) is 89.7 Å². The molecule has 246 valence electrons. The van der Waals surface area contributed by atoms with Crippen LogP contribution in [0.15, 0.2) is 42.5 Å². The van der Waals surface area contributed by atoms with Gasteiger partial charge in [-0.05, 0) is 76.1 Å². The van der Waals surface area contributed by atoms with Gasteiger partial charge in [0.15, 0.2) is 5.69 Å². The van der Waals surface area contributed by atoms with E-state index >= 15 is 0 Å². The first-order valence-electron chi connectivity index (χ1n) is 16.8. The Kier molecular flexibility index (Phi) is 9.86. The molecular weight excluding hydrogens is 582 g/mol. The number of aryl methyl sites for hydroxylation is 2. The number of likely N-dealkylation sites (tertiary alicyclic amines) is 1. The number of hydrogen-bond donors (Lipinski definition) is 1. The lowest BCUT2D eigenvalue weighted by Crippen LogP contribution is -2.51. The van der Waals surface area contributed by atoms with Crippen LogP contribution in [-0.2, 0) is 32.5 Å². The molecule has 3 heterocycles. The highest BCUT2D eigenvalue weighted by atomic mass is 16.5. The van der Waals surface area contributed by atoms with Crippen molar-refractivity contribution in [3.8, 4) is 0 Å². The number of para-hydroxylation sites is 1. The van der Waals surface area contributed by atoms with E-state index in [1.165, 1.54) is 0 Å². The third-order valence-electron chi connectivity index (χ3n) is 9.98. The Bertz CT molecular complexity index is 1550. The quantitative estimate of drug-likeness (QED) is 0.347. The van der Waals surface area contributed by atoms with Gasteiger partial charge in [0.2, 0.25) is 5.91 Å². The number of anilines is 1. The van der Waals surface area contributed by atoms with E-state index in [0.717, 1.165) is 73.5 Å². The zero-order valence-electron chi connectivity index (χ0n) is 27.5. The third kappa shape index (κ3) is 7.19. The Hall–Kier alpha value is -3.60. The fourth-order valence-electron chi connectivity index (χ4n) is 7.59. The minimum atomic E-state index is -0.263. The standard InChI is InChI=1S/C36H47N5O5/c1-23-15-27(11-14-32(23)37-36(44)35-31-7-5-6-8-33(31)39(4)38-35)16-34(43)41-20-28(40-18-24(2)46-25(3)19-40)17-29(41)22-45-30-12-9-26(21-42)10-13-30/h5-8,11,14-15,21,24-26,28-30H,9-10,12-13,16-20,22H2,1-4H3,(H,37,44)/t24-,25+,26?,28-,29-,30?/m0/s1. The number of morpholine rings is 1. The molecule has 2 saturated heterocycles. The minimum Gasteiger partial charge on any atom is -0.376 e.